The Morgan fingerprint density at radius 1 is 1.33 bits per heavy atom. The van der Waals surface area contributed by atoms with Crippen LogP contribution in [0.5, 0.6) is 0 Å². The Kier molecular flexibility index (Phi) is 4.47. The van der Waals surface area contributed by atoms with E-state index in [2.05, 4.69) is 46.0 Å². The van der Waals surface area contributed by atoms with Gasteiger partial charge in [0.1, 0.15) is 0 Å². The summed E-state index contributed by atoms with van der Waals surface area (Å²) in [5.74, 6) is 0. The molecule has 0 aliphatic heterocycles. The zero-order valence-electron chi connectivity index (χ0n) is 11.1. The maximum absolute atomic E-state index is 4.39. The van der Waals surface area contributed by atoms with Gasteiger partial charge in [0, 0.05) is 18.9 Å². The van der Waals surface area contributed by atoms with E-state index in [9.17, 15) is 0 Å². The highest BCUT2D eigenvalue weighted by molar-refractivity contribution is 5.18. The van der Waals surface area contributed by atoms with Crippen LogP contribution >= 0.6 is 0 Å². The molecule has 2 aromatic rings. The summed E-state index contributed by atoms with van der Waals surface area (Å²) in [6.07, 6.45) is 6.94. The molecule has 0 aliphatic carbocycles. The van der Waals surface area contributed by atoms with Gasteiger partial charge in [-0.3, -0.25) is 4.98 Å². The summed E-state index contributed by atoms with van der Waals surface area (Å²) < 4.78 is 2.08. The topological polar surface area (TPSA) is 42.7 Å². The molecule has 0 fully saturated rings. The first-order valence-corrected chi connectivity index (χ1v) is 6.41. The molecular weight excluding hydrogens is 224 g/mol. The third-order valence-corrected chi connectivity index (χ3v) is 2.87. The Labute approximate surface area is 108 Å². The quantitative estimate of drug-likeness (QED) is 0.792. The Hall–Kier alpha value is -1.68. The van der Waals surface area contributed by atoms with Gasteiger partial charge in [-0.2, -0.15) is 0 Å². The fourth-order valence-electron chi connectivity index (χ4n) is 1.83. The lowest BCUT2D eigenvalue weighted by atomic mass is 10.2. The lowest BCUT2D eigenvalue weighted by Gasteiger charge is -2.04. The maximum atomic E-state index is 4.39. The van der Waals surface area contributed by atoms with Crippen LogP contribution in [0.4, 0.5) is 0 Å². The first-order chi connectivity index (χ1) is 8.79. The summed E-state index contributed by atoms with van der Waals surface area (Å²) in [7, 11) is 0. The maximum Gasteiger partial charge on any atom is 0.0953 e. The van der Waals surface area contributed by atoms with Crippen molar-refractivity contribution in [3.63, 3.8) is 0 Å². The summed E-state index contributed by atoms with van der Waals surface area (Å²) in [5, 5.41) is 3.35. The third-order valence-electron chi connectivity index (χ3n) is 2.87. The van der Waals surface area contributed by atoms with Gasteiger partial charge in [0.05, 0.1) is 24.3 Å². The van der Waals surface area contributed by atoms with Gasteiger partial charge in [-0.1, -0.05) is 13.0 Å². The van der Waals surface area contributed by atoms with E-state index < -0.39 is 0 Å². The van der Waals surface area contributed by atoms with Crippen LogP contribution in [0.2, 0.25) is 0 Å². The molecule has 2 aromatic heterocycles. The number of aromatic nitrogens is 3. The fraction of sp³-hybridized carbons (Fsp3) is 0.429. The van der Waals surface area contributed by atoms with E-state index in [0.717, 1.165) is 37.4 Å². The molecule has 0 radical (unpaired) electrons. The van der Waals surface area contributed by atoms with E-state index in [1.54, 1.807) is 0 Å². The Bertz CT molecular complexity index is 490. The molecule has 18 heavy (non-hydrogen) atoms. The molecule has 2 rings (SSSR count). The molecule has 0 saturated carbocycles. The van der Waals surface area contributed by atoms with Crippen LogP contribution in [0.3, 0.4) is 0 Å². The van der Waals surface area contributed by atoms with Crippen molar-refractivity contribution in [3.8, 4) is 0 Å². The average molecular weight is 244 g/mol. The standard InChI is InChI=1S/C14H20N4/c1-3-6-15-8-13-9-18(11-17-13)10-14-12(2)5-4-7-16-14/h4-5,7,9,11,15H,3,6,8,10H2,1-2H3. The number of hydrogen-bond acceptors (Lipinski definition) is 3. The normalized spacial score (nSPS) is 10.8. The van der Waals surface area contributed by atoms with E-state index in [4.69, 9.17) is 0 Å². The minimum Gasteiger partial charge on any atom is -0.331 e. The summed E-state index contributed by atoms with van der Waals surface area (Å²) >= 11 is 0. The number of hydrogen-bond donors (Lipinski definition) is 1. The predicted molar refractivity (Wildman–Crippen MR) is 72.3 cm³/mol. The SMILES string of the molecule is CCCNCc1cn(Cc2ncccc2C)cn1. The Morgan fingerprint density at radius 2 is 2.22 bits per heavy atom. The lowest BCUT2D eigenvalue weighted by Crippen LogP contribution is -2.13. The Morgan fingerprint density at radius 3 is 3.00 bits per heavy atom. The molecule has 0 bridgehead atoms. The van der Waals surface area contributed by atoms with Crippen LogP contribution < -0.4 is 5.32 Å². The molecule has 0 aliphatic rings. The first kappa shape index (κ1) is 12.8. The minimum atomic E-state index is 0.785. The number of nitrogens with zero attached hydrogens (tertiary/aromatic N) is 3. The van der Waals surface area contributed by atoms with Crippen molar-refractivity contribution in [2.45, 2.75) is 33.4 Å². The summed E-state index contributed by atoms with van der Waals surface area (Å²) in [5.41, 5.74) is 3.40. The van der Waals surface area contributed by atoms with Crippen LogP contribution in [-0.4, -0.2) is 21.1 Å². The van der Waals surface area contributed by atoms with Gasteiger partial charge in [0.2, 0.25) is 0 Å². The van der Waals surface area contributed by atoms with Gasteiger partial charge >= 0.3 is 0 Å². The second kappa shape index (κ2) is 6.31. The second-order valence-corrected chi connectivity index (χ2v) is 4.48. The van der Waals surface area contributed by atoms with Gasteiger partial charge < -0.3 is 9.88 Å². The van der Waals surface area contributed by atoms with Crippen molar-refractivity contribution in [2.75, 3.05) is 6.54 Å². The summed E-state index contributed by atoms with van der Waals surface area (Å²) in [6, 6.07) is 4.05. The molecule has 0 unspecified atom stereocenters. The van der Waals surface area contributed by atoms with Gasteiger partial charge in [-0.15, -0.1) is 0 Å². The number of rotatable bonds is 6. The van der Waals surface area contributed by atoms with E-state index in [1.807, 2.05) is 18.6 Å². The van der Waals surface area contributed by atoms with Gasteiger partial charge in [0.15, 0.2) is 0 Å². The zero-order valence-corrected chi connectivity index (χ0v) is 11.1. The smallest absolute Gasteiger partial charge is 0.0953 e. The van der Waals surface area contributed by atoms with E-state index >= 15 is 0 Å². The van der Waals surface area contributed by atoms with Gasteiger partial charge in [0.25, 0.3) is 0 Å². The molecule has 96 valence electrons. The number of pyridine rings is 1. The summed E-state index contributed by atoms with van der Waals surface area (Å²) in [4.78, 5) is 8.78. The van der Waals surface area contributed by atoms with Crippen molar-refractivity contribution in [1.82, 2.24) is 19.9 Å². The number of aryl methyl sites for hydroxylation is 1. The van der Waals surface area contributed by atoms with Crippen molar-refractivity contribution < 1.29 is 0 Å². The lowest BCUT2D eigenvalue weighted by molar-refractivity contribution is 0.665. The van der Waals surface area contributed by atoms with Crippen LogP contribution in [0.1, 0.15) is 30.3 Å². The largest absolute Gasteiger partial charge is 0.331 e. The highest BCUT2D eigenvalue weighted by Crippen LogP contribution is 2.06. The molecule has 0 amide bonds. The monoisotopic (exact) mass is 244 g/mol. The summed E-state index contributed by atoms with van der Waals surface area (Å²) in [6.45, 7) is 6.90. The molecule has 4 nitrogen and oxygen atoms in total. The van der Waals surface area contributed by atoms with Crippen LogP contribution in [0, 0.1) is 6.92 Å². The second-order valence-electron chi connectivity index (χ2n) is 4.48. The first-order valence-electron chi connectivity index (χ1n) is 6.41. The molecule has 0 saturated heterocycles. The fourth-order valence-corrected chi connectivity index (χ4v) is 1.83. The predicted octanol–water partition coefficient (Wildman–Crippen LogP) is 2.13. The van der Waals surface area contributed by atoms with E-state index in [-0.39, 0.29) is 0 Å². The third kappa shape index (κ3) is 3.40. The molecule has 2 heterocycles. The van der Waals surface area contributed by atoms with Crippen LogP contribution in [0.25, 0.3) is 0 Å². The molecule has 0 aromatic carbocycles. The van der Waals surface area contributed by atoms with E-state index in [1.165, 1.54) is 5.56 Å². The van der Waals surface area contributed by atoms with Crippen LogP contribution in [-0.2, 0) is 13.1 Å². The van der Waals surface area contributed by atoms with Crippen molar-refractivity contribution in [2.24, 2.45) is 0 Å². The molecule has 0 spiro atoms. The van der Waals surface area contributed by atoms with Crippen molar-refractivity contribution in [1.29, 1.82) is 0 Å². The van der Waals surface area contributed by atoms with E-state index in [0.29, 0.717) is 0 Å². The minimum absolute atomic E-state index is 0.785. The van der Waals surface area contributed by atoms with Crippen molar-refractivity contribution >= 4 is 0 Å². The molecule has 0 atom stereocenters. The van der Waals surface area contributed by atoms with Gasteiger partial charge in [-0.05, 0) is 31.5 Å². The Balaban J connectivity index is 1.96. The highest BCUT2D eigenvalue weighted by Gasteiger charge is 2.02. The number of nitrogens with one attached hydrogen (secondary N) is 1. The van der Waals surface area contributed by atoms with Crippen molar-refractivity contribution in [3.05, 3.63) is 47.8 Å². The molecular formula is C14H20N4. The zero-order chi connectivity index (χ0) is 12.8. The molecule has 4 heteroatoms. The average Bonchev–Trinajstić information content (AvgIpc) is 2.80. The highest BCUT2D eigenvalue weighted by atomic mass is 15.1. The number of imidazole rings is 1. The van der Waals surface area contributed by atoms with Gasteiger partial charge in [-0.25, -0.2) is 4.98 Å². The molecule has 1 N–H and O–H groups in total. The van der Waals surface area contributed by atoms with Crippen LogP contribution in [0.15, 0.2) is 30.9 Å².